The normalized spacial score (nSPS) is 12.6. The summed E-state index contributed by atoms with van der Waals surface area (Å²) in [5.74, 6) is 0.969. The van der Waals surface area contributed by atoms with E-state index >= 15 is 0 Å². The number of benzene rings is 1. The van der Waals surface area contributed by atoms with Crippen molar-refractivity contribution in [1.29, 1.82) is 0 Å². The Bertz CT molecular complexity index is 940. The molecule has 1 heterocycles. The van der Waals surface area contributed by atoms with E-state index in [2.05, 4.69) is 43.1 Å². The van der Waals surface area contributed by atoms with Crippen molar-refractivity contribution >= 4 is 43.4 Å². The zero-order valence-electron chi connectivity index (χ0n) is 16.1. The van der Waals surface area contributed by atoms with Crippen molar-refractivity contribution in [3.8, 4) is 0 Å². The second kappa shape index (κ2) is 10.6. The van der Waals surface area contributed by atoms with Crippen LogP contribution in [-0.4, -0.2) is 42.7 Å². The third-order valence-electron chi connectivity index (χ3n) is 3.84. The van der Waals surface area contributed by atoms with Crippen molar-refractivity contribution in [3.05, 3.63) is 47.6 Å². The molecule has 0 bridgehead atoms. The highest BCUT2D eigenvalue weighted by Crippen LogP contribution is 2.24. The van der Waals surface area contributed by atoms with Gasteiger partial charge in [0.1, 0.15) is 5.82 Å². The number of aliphatic hydroxyl groups is 1. The van der Waals surface area contributed by atoms with E-state index in [0.717, 1.165) is 0 Å². The van der Waals surface area contributed by atoms with E-state index in [4.69, 9.17) is 4.84 Å². The highest BCUT2D eigenvalue weighted by Gasteiger charge is 2.16. The smallest absolute Gasteiger partial charge is 0.262 e. The lowest BCUT2D eigenvalue weighted by atomic mass is 10.1. The highest BCUT2D eigenvalue weighted by molar-refractivity contribution is 9.10. The van der Waals surface area contributed by atoms with Crippen molar-refractivity contribution < 1.29 is 18.4 Å². The number of aliphatic hydroxyl groups excluding tert-OH is 1. The van der Waals surface area contributed by atoms with Crippen LogP contribution in [0.3, 0.4) is 0 Å². The Hall–Kier alpha value is -2.05. The molecule has 29 heavy (non-hydrogen) atoms. The fourth-order valence-corrected chi connectivity index (χ4v) is 3.38. The zero-order chi connectivity index (χ0) is 21.4. The molecule has 0 aliphatic heterocycles. The highest BCUT2D eigenvalue weighted by atomic mass is 79.9. The first-order chi connectivity index (χ1) is 13.8. The maximum Gasteiger partial charge on any atom is 0.262 e. The molecule has 0 aliphatic carbocycles. The monoisotopic (exact) mass is 485 g/mol. The Morgan fingerprint density at radius 1 is 1.38 bits per heavy atom. The molecule has 0 saturated carbocycles. The predicted octanol–water partition coefficient (Wildman–Crippen LogP) is 2.81. The summed E-state index contributed by atoms with van der Waals surface area (Å²) in [6, 6.07) is 5.97. The molecule has 0 fully saturated rings. The quantitative estimate of drug-likeness (QED) is 0.217. The Balaban J connectivity index is 2.20. The minimum atomic E-state index is -3.84. The average molecular weight is 486 g/mol. The van der Waals surface area contributed by atoms with Crippen LogP contribution < -0.4 is 15.5 Å². The molecule has 0 spiro atoms. The number of halogens is 1. The molecule has 0 aliphatic rings. The van der Waals surface area contributed by atoms with Gasteiger partial charge in [0.15, 0.2) is 0 Å². The number of anilines is 3. The topological polar surface area (TPSA) is 125 Å². The standard InChI is InChI=1S/C18H24BrN5O4S/c1-4-8-28-24-29(26,27)14-7-5-6-13(9-14)21-18-20-10-15(19)17(23-18)22-16(11-25)12(2)3/h4-7,9-10,12,16,24-25H,1,8,11H2,2-3H3,(H2,20,21,22,23)/t16-/m0/s1. The van der Waals surface area contributed by atoms with Gasteiger partial charge in [0.2, 0.25) is 5.95 Å². The Labute approximate surface area is 178 Å². The van der Waals surface area contributed by atoms with Gasteiger partial charge >= 0.3 is 0 Å². The van der Waals surface area contributed by atoms with Crippen LogP contribution in [0.4, 0.5) is 17.5 Å². The van der Waals surface area contributed by atoms with Gasteiger partial charge in [-0.1, -0.05) is 30.9 Å². The summed E-state index contributed by atoms with van der Waals surface area (Å²) < 4.78 is 25.2. The van der Waals surface area contributed by atoms with Gasteiger partial charge < -0.3 is 15.7 Å². The third-order valence-corrected chi connectivity index (χ3v) is 5.63. The molecule has 9 nitrogen and oxygen atoms in total. The first-order valence-electron chi connectivity index (χ1n) is 8.78. The second-order valence-electron chi connectivity index (χ2n) is 6.41. The van der Waals surface area contributed by atoms with Gasteiger partial charge in [-0.25, -0.2) is 13.4 Å². The molecule has 2 aromatic rings. The summed E-state index contributed by atoms with van der Waals surface area (Å²) in [4.78, 5) is 15.5. The molecule has 0 amide bonds. The molecule has 0 radical (unpaired) electrons. The van der Waals surface area contributed by atoms with Gasteiger partial charge in [-0.15, -0.1) is 6.58 Å². The van der Waals surface area contributed by atoms with Crippen LogP contribution in [0, 0.1) is 5.92 Å². The van der Waals surface area contributed by atoms with Crippen LogP contribution in [0.2, 0.25) is 0 Å². The second-order valence-corrected chi connectivity index (χ2v) is 8.91. The summed E-state index contributed by atoms with van der Waals surface area (Å²) >= 11 is 3.38. The third kappa shape index (κ3) is 6.75. The van der Waals surface area contributed by atoms with Gasteiger partial charge in [0, 0.05) is 11.9 Å². The number of rotatable bonds is 11. The van der Waals surface area contributed by atoms with Crippen LogP contribution in [0.5, 0.6) is 0 Å². The van der Waals surface area contributed by atoms with Crippen molar-refractivity contribution in [3.63, 3.8) is 0 Å². The summed E-state index contributed by atoms with van der Waals surface area (Å²) in [7, 11) is -3.84. The number of aromatic nitrogens is 2. The first-order valence-corrected chi connectivity index (χ1v) is 11.1. The lowest BCUT2D eigenvalue weighted by molar-refractivity contribution is 0.119. The molecule has 1 aromatic heterocycles. The minimum absolute atomic E-state index is 0.0159. The van der Waals surface area contributed by atoms with E-state index in [1.165, 1.54) is 18.2 Å². The maximum atomic E-state index is 12.3. The molecular weight excluding hydrogens is 462 g/mol. The number of nitrogens with one attached hydrogen (secondary N) is 3. The van der Waals surface area contributed by atoms with Gasteiger partial charge in [-0.2, -0.15) is 4.98 Å². The fourth-order valence-electron chi connectivity index (χ4n) is 2.22. The number of sulfonamides is 1. The van der Waals surface area contributed by atoms with E-state index in [1.807, 2.05) is 18.7 Å². The summed E-state index contributed by atoms with van der Waals surface area (Å²) in [6.07, 6.45) is 3.00. The molecule has 1 atom stereocenters. The Morgan fingerprint density at radius 3 is 2.79 bits per heavy atom. The van der Waals surface area contributed by atoms with E-state index < -0.39 is 10.0 Å². The lowest BCUT2D eigenvalue weighted by Crippen LogP contribution is -2.30. The van der Waals surface area contributed by atoms with Crippen LogP contribution in [-0.2, 0) is 14.9 Å². The fraction of sp³-hybridized carbons (Fsp3) is 0.333. The molecule has 2 rings (SSSR count). The number of nitrogens with zero attached hydrogens (tertiary/aromatic N) is 2. The zero-order valence-corrected chi connectivity index (χ0v) is 18.5. The molecule has 158 valence electrons. The number of hydrogen-bond acceptors (Lipinski definition) is 8. The van der Waals surface area contributed by atoms with E-state index in [0.29, 0.717) is 16.0 Å². The Morgan fingerprint density at radius 2 is 2.14 bits per heavy atom. The van der Waals surface area contributed by atoms with Crippen molar-refractivity contribution in [2.24, 2.45) is 5.92 Å². The van der Waals surface area contributed by atoms with Crippen LogP contribution >= 0.6 is 15.9 Å². The van der Waals surface area contributed by atoms with Crippen molar-refractivity contribution in [2.75, 3.05) is 23.8 Å². The first kappa shape index (κ1) is 23.2. The molecule has 1 aromatic carbocycles. The molecule has 11 heteroatoms. The van der Waals surface area contributed by atoms with E-state index in [-0.39, 0.29) is 36.0 Å². The molecule has 0 unspecified atom stereocenters. The Kier molecular flexibility index (Phi) is 8.53. The number of hydrogen-bond donors (Lipinski definition) is 4. The van der Waals surface area contributed by atoms with Crippen LogP contribution in [0.25, 0.3) is 0 Å². The minimum Gasteiger partial charge on any atom is -0.394 e. The largest absolute Gasteiger partial charge is 0.394 e. The molecule has 4 N–H and O–H groups in total. The maximum absolute atomic E-state index is 12.3. The summed E-state index contributed by atoms with van der Waals surface area (Å²) in [5.41, 5.74) is 0.479. The predicted molar refractivity (Wildman–Crippen MR) is 115 cm³/mol. The van der Waals surface area contributed by atoms with Crippen LogP contribution in [0.15, 0.2) is 52.5 Å². The molecular formula is C18H24BrN5O4S. The van der Waals surface area contributed by atoms with E-state index in [9.17, 15) is 13.5 Å². The van der Waals surface area contributed by atoms with Gasteiger partial charge in [0.25, 0.3) is 10.0 Å². The summed E-state index contributed by atoms with van der Waals surface area (Å²) in [5, 5.41) is 15.7. The van der Waals surface area contributed by atoms with Crippen molar-refractivity contribution in [2.45, 2.75) is 24.8 Å². The van der Waals surface area contributed by atoms with Gasteiger partial charge in [-0.05, 0) is 40.0 Å². The van der Waals surface area contributed by atoms with Crippen LogP contribution in [0.1, 0.15) is 13.8 Å². The van der Waals surface area contributed by atoms with E-state index in [1.54, 1.807) is 18.3 Å². The average Bonchev–Trinajstić information content (AvgIpc) is 2.68. The van der Waals surface area contributed by atoms with Crippen molar-refractivity contribution in [1.82, 2.24) is 14.9 Å². The SMILES string of the molecule is C=CCONS(=O)(=O)c1cccc(Nc2ncc(Br)c(N[C@@H](CO)C(C)C)n2)c1. The van der Waals surface area contributed by atoms with Gasteiger partial charge in [0.05, 0.1) is 28.6 Å². The summed E-state index contributed by atoms with van der Waals surface area (Å²) in [6.45, 7) is 7.43. The lowest BCUT2D eigenvalue weighted by Gasteiger charge is -2.21. The van der Waals surface area contributed by atoms with Gasteiger partial charge in [-0.3, -0.25) is 4.84 Å². The molecule has 0 saturated heterocycles.